The van der Waals surface area contributed by atoms with E-state index in [1.807, 2.05) is 130 Å². The molecule has 1 fully saturated rings. The second kappa shape index (κ2) is 14.9. The van der Waals surface area contributed by atoms with Crippen LogP contribution < -0.4 is 5.32 Å². The van der Waals surface area contributed by atoms with Crippen LogP contribution in [-0.2, 0) is 40.2 Å². The summed E-state index contributed by atoms with van der Waals surface area (Å²) in [5.41, 5.74) is 3.39. The van der Waals surface area contributed by atoms with Gasteiger partial charge < -0.3 is 19.5 Å². The van der Waals surface area contributed by atoms with Crippen molar-refractivity contribution in [2.24, 2.45) is 0 Å². The molecule has 1 N–H and O–H groups in total. The maximum Gasteiger partial charge on any atom is 0.410 e. The molecular weight excluding hydrogens is 564 g/mol. The van der Waals surface area contributed by atoms with Crippen molar-refractivity contribution in [3.05, 3.63) is 144 Å². The molecule has 5 rings (SSSR count). The summed E-state index contributed by atoms with van der Waals surface area (Å²) >= 11 is 0. The number of carbonyl (C=O) groups is 2. The number of hydrogen-bond donors (Lipinski definition) is 1. The van der Waals surface area contributed by atoms with Crippen LogP contribution in [0, 0.1) is 0 Å². The van der Waals surface area contributed by atoms with Crippen LogP contribution in [0.2, 0.25) is 0 Å². The molecule has 7 heteroatoms. The number of benzene rings is 4. The molecule has 2 amide bonds. The number of rotatable bonds is 12. The summed E-state index contributed by atoms with van der Waals surface area (Å²) in [4.78, 5) is 28.7. The van der Waals surface area contributed by atoms with Gasteiger partial charge in [-0.05, 0) is 55.9 Å². The highest BCUT2D eigenvalue weighted by atomic mass is 16.6. The van der Waals surface area contributed by atoms with Crippen molar-refractivity contribution >= 4 is 12.2 Å². The van der Waals surface area contributed by atoms with E-state index in [0.29, 0.717) is 19.4 Å². The lowest BCUT2D eigenvalue weighted by Crippen LogP contribution is -2.48. The Kier molecular flexibility index (Phi) is 10.5. The zero-order chi connectivity index (χ0) is 31.6. The fraction of sp³-hybridized carbons (Fsp3) is 0.316. The Morgan fingerprint density at radius 1 is 0.711 bits per heavy atom. The minimum absolute atomic E-state index is 0.162. The summed E-state index contributed by atoms with van der Waals surface area (Å²) in [5.74, 6) is 0. The molecule has 1 aliphatic heterocycles. The first kappa shape index (κ1) is 31.8. The summed E-state index contributed by atoms with van der Waals surface area (Å²) in [7, 11) is 0. The molecule has 0 saturated carbocycles. The molecule has 45 heavy (non-hydrogen) atoms. The third-order valence-corrected chi connectivity index (χ3v) is 7.66. The molecule has 4 aromatic carbocycles. The highest BCUT2D eigenvalue weighted by molar-refractivity contribution is 5.69. The van der Waals surface area contributed by atoms with Crippen molar-refractivity contribution in [1.82, 2.24) is 10.2 Å². The van der Waals surface area contributed by atoms with Crippen molar-refractivity contribution in [3.8, 4) is 0 Å². The Hall–Kier alpha value is -4.62. The fourth-order valence-corrected chi connectivity index (χ4v) is 5.50. The summed E-state index contributed by atoms with van der Waals surface area (Å²) in [6.45, 7) is 6.03. The minimum Gasteiger partial charge on any atom is -0.445 e. The summed E-state index contributed by atoms with van der Waals surface area (Å²) in [5, 5.41) is 3.08. The van der Waals surface area contributed by atoms with Crippen LogP contribution in [0.1, 0.15) is 43.0 Å². The van der Waals surface area contributed by atoms with E-state index in [1.54, 1.807) is 4.90 Å². The summed E-state index contributed by atoms with van der Waals surface area (Å²) in [6.07, 6.45) is -0.497. The Morgan fingerprint density at radius 3 is 1.73 bits per heavy atom. The van der Waals surface area contributed by atoms with Gasteiger partial charge in [0.2, 0.25) is 0 Å². The first-order valence-electron chi connectivity index (χ1n) is 15.5. The van der Waals surface area contributed by atoms with E-state index in [4.69, 9.17) is 14.2 Å². The van der Waals surface area contributed by atoms with Gasteiger partial charge in [-0.3, -0.25) is 4.90 Å². The monoisotopic (exact) mass is 606 g/mol. The van der Waals surface area contributed by atoms with E-state index >= 15 is 0 Å². The van der Waals surface area contributed by atoms with E-state index in [9.17, 15) is 9.59 Å². The topological polar surface area (TPSA) is 80.4 Å². The Morgan fingerprint density at radius 2 is 1.20 bits per heavy atom. The van der Waals surface area contributed by atoms with E-state index in [0.717, 1.165) is 22.3 Å². The lowest BCUT2D eigenvalue weighted by molar-refractivity contribution is 0.0494. The number of epoxide rings is 1. The molecule has 4 unspecified atom stereocenters. The van der Waals surface area contributed by atoms with Gasteiger partial charge in [0.15, 0.2) is 0 Å². The van der Waals surface area contributed by atoms with Crippen molar-refractivity contribution < 1.29 is 23.8 Å². The molecule has 4 atom stereocenters. The van der Waals surface area contributed by atoms with Crippen LogP contribution in [0.4, 0.5) is 9.59 Å². The quantitative estimate of drug-likeness (QED) is 0.171. The number of carbonyl (C=O) groups excluding carboxylic acids is 2. The molecule has 1 aliphatic rings. The van der Waals surface area contributed by atoms with E-state index < -0.39 is 17.8 Å². The van der Waals surface area contributed by atoms with Crippen LogP contribution in [0.5, 0.6) is 0 Å². The van der Waals surface area contributed by atoms with Crippen LogP contribution in [-0.4, -0.2) is 47.0 Å². The molecule has 234 valence electrons. The Labute approximate surface area is 266 Å². The number of alkyl carbamates (subject to hydrolysis) is 1. The average Bonchev–Trinajstić information content (AvgIpc) is 3.83. The highest BCUT2D eigenvalue weighted by Crippen LogP contribution is 2.35. The number of nitrogens with zero attached hydrogens (tertiary/aromatic N) is 1. The van der Waals surface area contributed by atoms with Crippen LogP contribution >= 0.6 is 0 Å². The van der Waals surface area contributed by atoms with Crippen molar-refractivity contribution in [1.29, 1.82) is 0 Å². The van der Waals surface area contributed by atoms with Gasteiger partial charge in [0.05, 0.1) is 12.1 Å². The van der Waals surface area contributed by atoms with Crippen LogP contribution in [0.15, 0.2) is 121 Å². The average molecular weight is 607 g/mol. The lowest BCUT2D eigenvalue weighted by Gasteiger charge is -2.31. The van der Waals surface area contributed by atoms with Gasteiger partial charge in [0.1, 0.15) is 24.4 Å². The van der Waals surface area contributed by atoms with Gasteiger partial charge >= 0.3 is 12.2 Å². The molecule has 1 saturated heterocycles. The largest absolute Gasteiger partial charge is 0.445 e. The van der Waals surface area contributed by atoms with E-state index in [-0.39, 0.29) is 30.9 Å². The van der Waals surface area contributed by atoms with Gasteiger partial charge in [0, 0.05) is 6.54 Å². The third kappa shape index (κ3) is 9.68. The van der Waals surface area contributed by atoms with Crippen molar-refractivity contribution in [2.75, 3.05) is 0 Å². The molecule has 0 spiro atoms. The highest BCUT2D eigenvalue weighted by Gasteiger charge is 2.53. The predicted molar refractivity (Wildman–Crippen MR) is 175 cm³/mol. The molecule has 0 bridgehead atoms. The van der Waals surface area contributed by atoms with Crippen molar-refractivity contribution in [2.45, 2.75) is 76.7 Å². The molecule has 0 aromatic heterocycles. The molecular formula is C38H42N2O5. The number of hydrogen-bond acceptors (Lipinski definition) is 5. The molecule has 1 heterocycles. The van der Waals surface area contributed by atoms with Gasteiger partial charge in [0.25, 0.3) is 0 Å². The smallest absolute Gasteiger partial charge is 0.410 e. The lowest BCUT2D eigenvalue weighted by atomic mass is 9.95. The Balaban J connectivity index is 1.43. The maximum atomic E-state index is 13.9. The van der Waals surface area contributed by atoms with Crippen LogP contribution in [0.25, 0.3) is 0 Å². The SMILES string of the molecule is CC(C)(C)OC(=O)NC(Cc1ccccc1)C1OC1C(Cc1ccccc1)N(Cc1ccccc1)C(=O)OCc1ccccc1. The van der Waals surface area contributed by atoms with Crippen LogP contribution in [0.3, 0.4) is 0 Å². The zero-order valence-electron chi connectivity index (χ0n) is 26.2. The van der Waals surface area contributed by atoms with E-state index in [1.165, 1.54) is 0 Å². The van der Waals surface area contributed by atoms with Gasteiger partial charge in [-0.25, -0.2) is 9.59 Å². The molecule has 0 aliphatic carbocycles. The number of amides is 2. The van der Waals surface area contributed by atoms with Gasteiger partial charge in [-0.2, -0.15) is 0 Å². The number of ether oxygens (including phenoxy) is 3. The zero-order valence-corrected chi connectivity index (χ0v) is 26.2. The molecule has 4 aromatic rings. The maximum absolute atomic E-state index is 13.9. The van der Waals surface area contributed by atoms with E-state index in [2.05, 4.69) is 17.4 Å². The predicted octanol–water partition coefficient (Wildman–Crippen LogP) is 7.34. The number of nitrogens with one attached hydrogen (secondary N) is 1. The molecule has 0 radical (unpaired) electrons. The van der Waals surface area contributed by atoms with Gasteiger partial charge in [-0.15, -0.1) is 0 Å². The first-order valence-corrected chi connectivity index (χ1v) is 15.5. The molecule has 7 nitrogen and oxygen atoms in total. The second-order valence-corrected chi connectivity index (χ2v) is 12.4. The second-order valence-electron chi connectivity index (χ2n) is 12.4. The first-order chi connectivity index (χ1) is 21.7. The standard InChI is InChI=1S/C38H42N2O5/c1-38(2,3)45-36(41)39-32(24-28-16-8-4-9-17-28)34-35(44-34)33(25-29-18-10-5-11-19-29)40(26-30-20-12-6-13-21-30)37(42)43-27-31-22-14-7-15-23-31/h4-23,32-35H,24-27H2,1-3H3,(H,39,41). The van der Waals surface area contributed by atoms with Gasteiger partial charge in [-0.1, -0.05) is 121 Å². The fourth-order valence-electron chi connectivity index (χ4n) is 5.50. The Bertz CT molecular complexity index is 1490. The van der Waals surface area contributed by atoms with Crippen molar-refractivity contribution in [3.63, 3.8) is 0 Å². The third-order valence-electron chi connectivity index (χ3n) is 7.66. The minimum atomic E-state index is -0.643. The summed E-state index contributed by atoms with van der Waals surface area (Å²) < 4.78 is 18.0. The summed E-state index contributed by atoms with van der Waals surface area (Å²) in [6, 6.07) is 38.9. The normalized spacial score (nSPS) is 17.0.